The van der Waals surface area contributed by atoms with E-state index in [0.29, 0.717) is 5.17 Å². The van der Waals surface area contributed by atoms with Crippen molar-refractivity contribution >= 4 is 33.5 Å². The molecule has 0 atom stereocenters. The lowest BCUT2D eigenvalue weighted by atomic mass is 10.1. The molecule has 1 aromatic carbocycles. The van der Waals surface area contributed by atoms with E-state index in [0.717, 1.165) is 22.3 Å². The SMILES string of the molecule is NC1=Nc2ccc3[nH]ncc3c2CS1. The fourth-order valence-corrected chi connectivity index (χ4v) is 2.38. The molecule has 70 valence electrons. The molecule has 0 spiro atoms. The number of hydrogen-bond donors (Lipinski definition) is 2. The molecule has 3 rings (SSSR count). The quantitative estimate of drug-likeness (QED) is 0.687. The van der Waals surface area contributed by atoms with Crippen LogP contribution in [0.1, 0.15) is 5.56 Å². The van der Waals surface area contributed by atoms with Gasteiger partial charge in [0.25, 0.3) is 0 Å². The minimum atomic E-state index is 0.639. The van der Waals surface area contributed by atoms with E-state index in [1.54, 1.807) is 11.8 Å². The van der Waals surface area contributed by atoms with Crippen molar-refractivity contribution in [1.29, 1.82) is 0 Å². The zero-order chi connectivity index (χ0) is 9.54. The molecule has 0 saturated carbocycles. The van der Waals surface area contributed by atoms with E-state index in [1.165, 1.54) is 5.56 Å². The first-order valence-corrected chi connectivity index (χ1v) is 5.25. The Morgan fingerprint density at radius 1 is 1.43 bits per heavy atom. The van der Waals surface area contributed by atoms with Crippen LogP contribution in [-0.2, 0) is 5.75 Å². The zero-order valence-corrected chi connectivity index (χ0v) is 8.14. The molecule has 0 fully saturated rings. The van der Waals surface area contributed by atoms with Crippen LogP contribution in [0.4, 0.5) is 5.69 Å². The van der Waals surface area contributed by atoms with Crippen molar-refractivity contribution in [2.75, 3.05) is 0 Å². The van der Waals surface area contributed by atoms with Gasteiger partial charge in [-0.15, -0.1) is 0 Å². The summed E-state index contributed by atoms with van der Waals surface area (Å²) < 4.78 is 0. The van der Waals surface area contributed by atoms with Crippen molar-refractivity contribution in [2.45, 2.75) is 5.75 Å². The fourth-order valence-electron chi connectivity index (χ4n) is 1.62. The molecule has 0 unspecified atom stereocenters. The number of aliphatic imine (C=N–C) groups is 1. The highest BCUT2D eigenvalue weighted by Crippen LogP contribution is 2.34. The molecule has 1 aliphatic heterocycles. The fraction of sp³-hybridized carbons (Fsp3) is 0.111. The molecule has 1 aromatic heterocycles. The summed E-state index contributed by atoms with van der Waals surface area (Å²) in [6, 6.07) is 3.95. The van der Waals surface area contributed by atoms with Gasteiger partial charge in [0.05, 0.1) is 17.4 Å². The Morgan fingerprint density at radius 3 is 3.29 bits per heavy atom. The molecular weight excluding hydrogens is 196 g/mol. The molecule has 3 N–H and O–H groups in total. The van der Waals surface area contributed by atoms with Gasteiger partial charge in [-0.25, -0.2) is 4.99 Å². The van der Waals surface area contributed by atoms with Gasteiger partial charge in [-0.2, -0.15) is 5.10 Å². The number of aromatic nitrogens is 2. The minimum absolute atomic E-state index is 0.639. The van der Waals surface area contributed by atoms with Crippen LogP contribution in [-0.4, -0.2) is 15.4 Å². The number of thioether (sulfide) groups is 1. The van der Waals surface area contributed by atoms with E-state index in [-0.39, 0.29) is 0 Å². The smallest absolute Gasteiger partial charge is 0.159 e. The van der Waals surface area contributed by atoms with Crippen molar-refractivity contribution in [2.24, 2.45) is 10.7 Å². The summed E-state index contributed by atoms with van der Waals surface area (Å²) in [6.07, 6.45) is 1.84. The van der Waals surface area contributed by atoms with Gasteiger partial charge in [-0.1, -0.05) is 11.8 Å². The minimum Gasteiger partial charge on any atom is -0.378 e. The first kappa shape index (κ1) is 7.87. The zero-order valence-electron chi connectivity index (χ0n) is 7.32. The van der Waals surface area contributed by atoms with Gasteiger partial charge in [0, 0.05) is 11.1 Å². The highest BCUT2D eigenvalue weighted by atomic mass is 32.2. The Bertz CT molecular complexity index is 529. The Kier molecular flexibility index (Phi) is 1.55. The summed E-state index contributed by atoms with van der Waals surface area (Å²) >= 11 is 1.57. The van der Waals surface area contributed by atoms with Gasteiger partial charge >= 0.3 is 0 Å². The van der Waals surface area contributed by atoms with Gasteiger partial charge in [0.2, 0.25) is 0 Å². The van der Waals surface area contributed by atoms with Gasteiger partial charge < -0.3 is 5.73 Å². The third-order valence-corrected chi connectivity index (χ3v) is 3.13. The molecule has 2 heterocycles. The van der Waals surface area contributed by atoms with Gasteiger partial charge in [-0.05, 0) is 17.7 Å². The highest BCUT2D eigenvalue weighted by Gasteiger charge is 2.13. The van der Waals surface area contributed by atoms with E-state index in [4.69, 9.17) is 5.73 Å². The van der Waals surface area contributed by atoms with Crippen molar-refractivity contribution < 1.29 is 0 Å². The number of fused-ring (bicyclic) bond motifs is 3. The topological polar surface area (TPSA) is 67.1 Å². The number of aromatic amines is 1. The Morgan fingerprint density at radius 2 is 2.36 bits per heavy atom. The van der Waals surface area contributed by atoms with E-state index in [1.807, 2.05) is 18.3 Å². The number of H-pyrrole nitrogens is 1. The summed E-state index contributed by atoms with van der Waals surface area (Å²) in [5, 5.41) is 8.74. The van der Waals surface area contributed by atoms with Crippen LogP contribution in [0.25, 0.3) is 10.9 Å². The predicted molar refractivity (Wildman–Crippen MR) is 58.7 cm³/mol. The average molecular weight is 204 g/mol. The van der Waals surface area contributed by atoms with Crippen LogP contribution < -0.4 is 5.73 Å². The first-order chi connectivity index (χ1) is 6.84. The Hall–Kier alpha value is -1.49. The number of nitrogens with one attached hydrogen (secondary N) is 1. The van der Waals surface area contributed by atoms with Crippen molar-refractivity contribution in [3.05, 3.63) is 23.9 Å². The molecule has 2 aromatic rings. The third kappa shape index (κ3) is 1.02. The van der Waals surface area contributed by atoms with Crippen molar-refractivity contribution in [3.8, 4) is 0 Å². The maximum atomic E-state index is 5.66. The van der Waals surface area contributed by atoms with E-state index >= 15 is 0 Å². The summed E-state index contributed by atoms with van der Waals surface area (Å²) in [4.78, 5) is 4.29. The number of amidine groups is 1. The molecule has 4 nitrogen and oxygen atoms in total. The average Bonchev–Trinajstić information content (AvgIpc) is 2.65. The van der Waals surface area contributed by atoms with Gasteiger partial charge in [0.1, 0.15) is 0 Å². The Balaban J connectivity index is 2.36. The monoisotopic (exact) mass is 204 g/mol. The second-order valence-corrected chi connectivity index (χ2v) is 4.13. The van der Waals surface area contributed by atoms with Crippen molar-refractivity contribution in [1.82, 2.24) is 10.2 Å². The summed E-state index contributed by atoms with van der Waals surface area (Å²) in [6.45, 7) is 0. The predicted octanol–water partition coefficient (Wildman–Crippen LogP) is 1.76. The molecule has 14 heavy (non-hydrogen) atoms. The molecule has 0 amide bonds. The molecular formula is C9H8N4S. The van der Waals surface area contributed by atoms with Crippen LogP contribution in [0.5, 0.6) is 0 Å². The second-order valence-electron chi connectivity index (χ2n) is 3.13. The van der Waals surface area contributed by atoms with Crippen LogP contribution in [0, 0.1) is 0 Å². The highest BCUT2D eigenvalue weighted by molar-refractivity contribution is 8.13. The first-order valence-electron chi connectivity index (χ1n) is 4.26. The second kappa shape index (κ2) is 2.75. The lowest BCUT2D eigenvalue weighted by molar-refractivity contribution is 1.12. The van der Waals surface area contributed by atoms with E-state index in [9.17, 15) is 0 Å². The van der Waals surface area contributed by atoms with Gasteiger partial charge in [0.15, 0.2) is 5.17 Å². The molecule has 0 aliphatic carbocycles. The number of hydrogen-bond acceptors (Lipinski definition) is 4. The summed E-state index contributed by atoms with van der Waals surface area (Å²) in [5.41, 5.74) is 8.90. The number of rotatable bonds is 0. The summed E-state index contributed by atoms with van der Waals surface area (Å²) in [7, 11) is 0. The number of benzene rings is 1. The maximum Gasteiger partial charge on any atom is 0.159 e. The van der Waals surface area contributed by atoms with E-state index in [2.05, 4.69) is 15.2 Å². The third-order valence-electron chi connectivity index (χ3n) is 2.31. The standard InChI is InChI=1S/C9H8N4S/c10-9-12-7-1-2-8-5(3-11-13-8)6(7)4-14-9/h1-3H,4H2,(H2,10,12)(H,11,13). The van der Waals surface area contributed by atoms with Crippen molar-refractivity contribution in [3.63, 3.8) is 0 Å². The lowest BCUT2D eigenvalue weighted by Crippen LogP contribution is -2.09. The van der Waals surface area contributed by atoms with Crippen LogP contribution >= 0.6 is 11.8 Å². The molecule has 0 saturated heterocycles. The lowest BCUT2D eigenvalue weighted by Gasteiger charge is -2.12. The normalized spacial score (nSPS) is 15.3. The molecule has 0 radical (unpaired) electrons. The Labute approximate surface area is 84.6 Å². The largest absolute Gasteiger partial charge is 0.378 e. The molecule has 5 heteroatoms. The van der Waals surface area contributed by atoms with Crippen LogP contribution in [0.3, 0.4) is 0 Å². The molecule has 1 aliphatic rings. The van der Waals surface area contributed by atoms with E-state index < -0.39 is 0 Å². The number of nitrogens with two attached hydrogens (primary N) is 1. The van der Waals surface area contributed by atoms with Gasteiger partial charge in [-0.3, -0.25) is 5.10 Å². The van der Waals surface area contributed by atoms with Crippen LogP contribution in [0.15, 0.2) is 23.3 Å². The van der Waals surface area contributed by atoms with Crippen LogP contribution in [0.2, 0.25) is 0 Å². The molecule has 0 bridgehead atoms. The number of nitrogens with zero attached hydrogens (tertiary/aromatic N) is 2. The maximum absolute atomic E-state index is 5.66. The summed E-state index contributed by atoms with van der Waals surface area (Å²) in [5.74, 6) is 0.877.